The summed E-state index contributed by atoms with van der Waals surface area (Å²) in [6, 6.07) is 3.79. The van der Waals surface area contributed by atoms with E-state index < -0.39 is 11.9 Å². The van der Waals surface area contributed by atoms with Crippen molar-refractivity contribution >= 4 is 17.6 Å². The predicted molar refractivity (Wildman–Crippen MR) is 77.0 cm³/mol. The second-order valence-corrected chi connectivity index (χ2v) is 5.07. The van der Waals surface area contributed by atoms with Gasteiger partial charge in [0.05, 0.1) is 11.9 Å². The van der Waals surface area contributed by atoms with Crippen LogP contribution < -0.4 is 74.6 Å². The molecular weight excluding hydrogens is 316 g/mol. The first-order valence-electron chi connectivity index (χ1n) is 7.36. The zero-order valence-electron chi connectivity index (χ0n) is 14.3. The molecule has 7 heteroatoms. The minimum atomic E-state index is -1.40. The Balaban J connectivity index is 0. The first-order chi connectivity index (χ1) is 10.0. The van der Waals surface area contributed by atoms with Gasteiger partial charge >= 0.3 is 59.1 Å². The van der Waals surface area contributed by atoms with Gasteiger partial charge in [-0.2, -0.15) is 0 Å². The second kappa shape index (κ2) is 14.3. The van der Waals surface area contributed by atoms with Crippen molar-refractivity contribution in [3.05, 3.63) is 29.3 Å². The van der Waals surface area contributed by atoms with Gasteiger partial charge in [0, 0.05) is 12.2 Å². The van der Waals surface area contributed by atoms with Crippen molar-refractivity contribution in [2.24, 2.45) is 0 Å². The molecule has 0 saturated heterocycles. The summed E-state index contributed by atoms with van der Waals surface area (Å²) in [5, 5.41) is 24.7. The maximum atomic E-state index is 10.9. The fraction of sp³-hybridized carbons (Fsp3) is 0.500. The Morgan fingerprint density at radius 1 is 0.870 bits per heavy atom. The number of carbonyl (C=O) groups excluding carboxylic acids is 2. The number of nitrogens with one attached hydrogen (secondary N) is 1. The van der Waals surface area contributed by atoms with E-state index in [4.69, 9.17) is 0 Å². The van der Waals surface area contributed by atoms with E-state index in [1.807, 2.05) is 0 Å². The minimum Gasteiger partial charge on any atom is -0.545 e. The summed E-state index contributed by atoms with van der Waals surface area (Å²) in [4.78, 5) is 21.7. The Hall–Kier alpha value is -0.0400. The molecule has 0 saturated carbocycles. The summed E-state index contributed by atoms with van der Waals surface area (Å²) in [5.74, 6) is -2.80. The minimum absolute atomic E-state index is 0. The van der Waals surface area contributed by atoms with E-state index in [-0.39, 0.29) is 70.2 Å². The van der Waals surface area contributed by atoms with E-state index in [0.717, 1.165) is 18.9 Å². The molecule has 0 amide bonds. The normalized spacial score (nSPS) is 9.43. The third-order valence-corrected chi connectivity index (χ3v) is 3.26. The molecule has 0 heterocycles. The molecule has 0 aliphatic heterocycles. The van der Waals surface area contributed by atoms with Gasteiger partial charge in [-0.25, -0.2) is 0 Å². The van der Waals surface area contributed by atoms with E-state index in [0.29, 0.717) is 12.2 Å². The summed E-state index contributed by atoms with van der Waals surface area (Å²) in [7, 11) is 0. The second-order valence-electron chi connectivity index (χ2n) is 5.07. The summed E-state index contributed by atoms with van der Waals surface area (Å²) in [6.07, 6.45) is 6.92. The molecule has 0 aliphatic rings. The molecule has 1 rings (SSSR count). The fourth-order valence-electron chi connectivity index (χ4n) is 2.10. The summed E-state index contributed by atoms with van der Waals surface area (Å²) >= 11 is 0. The van der Waals surface area contributed by atoms with Crippen molar-refractivity contribution in [1.82, 2.24) is 0 Å². The fourth-order valence-corrected chi connectivity index (χ4v) is 2.10. The van der Waals surface area contributed by atoms with Crippen LogP contribution in [0.3, 0.4) is 0 Å². The van der Waals surface area contributed by atoms with Crippen LogP contribution >= 0.6 is 0 Å². The molecule has 116 valence electrons. The molecule has 0 bridgehead atoms. The van der Waals surface area contributed by atoms with Gasteiger partial charge in [-0.05, 0) is 35.7 Å². The molecule has 23 heavy (non-hydrogen) atoms. The van der Waals surface area contributed by atoms with Gasteiger partial charge in [-0.15, -0.1) is 0 Å². The number of hydrogen-bond acceptors (Lipinski definition) is 5. The van der Waals surface area contributed by atoms with E-state index in [1.165, 1.54) is 37.8 Å². The topological polar surface area (TPSA) is 92.3 Å². The average Bonchev–Trinajstić information content (AvgIpc) is 2.46. The van der Waals surface area contributed by atoms with Crippen molar-refractivity contribution in [3.8, 4) is 0 Å². The Bertz CT molecular complexity index is 463. The first kappa shape index (κ1) is 25.2. The maximum Gasteiger partial charge on any atom is 1.00 e. The largest absolute Gasteiger partial charge is 1.00 e. The smallest absolute Gasteiger partial charge is 0.545 e. The monoisotopic (exact) mass is 337 g/mol. The molecule has 0 aliphatic carbocycles. The van der Waals surface area contributed by atoms with Crippen molar-refractivity contribution in [2.45, 2.75) is 45.4 Å². The third-order valence-electron chi connectivity index (χ3n) is 3.26. The van der Waals surface area contributed by atoms with Gasteiger partial charge in [0.2, 0.25) is 0 Å². The van der Waals surface area contributed by atoms with Crippen molar-refractivity contribution < 1.29 is 78.9 Å². The standard InChI is InChI=1S/C16H23NO4.2Na/c1-2-3-4-5-6-7-8-17-14-10-12(15(18)19)9-13(11-14)16(20)21;;/h9-11,17H,2-8H2,1H3,(H,18,19)(H,20,21);;/q;2*+1/p-2. The molecule has 0 fully saturated rings. The van der Waals surface area contributed by atoms with Gasteiger partial charge in [0.15, 0.2) is 0 Å². The number of carboxylic acids is 2. The molecule has 5 nitrogen and oxygen atoms in total. The van der Waals surface area contributed by atoms with Crippen LogP contribution in [0.1, 0.15) is 66.2 Å². The van der Waals surface area contributed by atoms with Crippen LogP contribution in [0.15, 0.2) is 18.2 Å². The number of anilines is 1. The first-order valence-corrected chi connectivity index (χ1v) is 7.36. The zero-order chi connectivity index (χ0) is 15.7. The maximum absolute atomic E-state index is 10.9. The average molecular weight is 337 g/mol. The van der Waals surface area contributed by atoms with Crippen molar-refractivity contribution in [1.29, 1.82) is 0 Å². The van der Waals surface area contributed by atoms with E-state index in [1.54, 1.807) is 0 Å². The van der Waals surface area contributed by atoms with Crippen LogP contribution in [0.25, 0.3) is 0 Å². The van der Waals surface area contributed by atoms with Crippen LogP contribution in [0.4, 0.5) is 5.69 Å². The third kappa shape index (κ3) is 10.4. The van der Waals surface area contributed by atoms with Crippen LogP contribution in [0.2, 0.25) is 0 Å². The SMILES string of the molecule is CCCCCCCCNc1cc(C(=O)[O-])cc(C(=O)[O-])c1.[Na+].[Na+]. The number of unbranched alkanes of at least 4 members (excludes halogenated alkanes) is 5. The number of rotatable bonds is 10. The molecule has 1 aromatic rings. The van der Waals surface area contributed by atoms with Gasteiger partial charge in [0.25, 0.3) is 0 Å². The quantitative estimate of drug-likeness (QED) is 0.342. The predicted octanol–water partition coefficient (Wildman–Crippen LogP) is -4.81. The van der Waals surface area contributed by atoms with Crippen LogP contribution in [0.5, 0.6) is 0 Å². The number of carbonyl (C=O) groups is 2. The Kier molecular flexibility index (Phi) is 15.7. The van der Waals surface area contributed by atoms with Crippen LogP contribution in [-0.2, 0) is 0 Å². The van der Waals surface area contributed by atoms with Crippen LogP contribution in [-0.4, -0.2) is 18.5 Å². The van der Waals surface area contributed by atoms with Gasteiger partial charge < -0.3 is 25.1 Å². The summed E-state index contributed by atoms with van der Waals surface area (Å²) < 4.78 is 0. The van der Waals surface area contributed by atoms with Gasteiger partial charge in [0.1, 0.15) is 0 Å². The molecular formula is C16H21NNa2O4. The van der Waals surface area contributed by atoms with E-state index >= 15 is 0 Å². The van der Waals surface area contributed by atoms with E-state index in [9.17, 15) is 19.8 Å². The Morgan fingerprint density at radius 3 is 1.83 bits per heavy atom. The molecule has 1 N–H and O–H groups in total. The van der Waals surface area contributed by atoms with Gasteiger partial charge in [-0.3, -0.25) is 0 Å². The molecule has 1 aromatic carbocycles. The zero-order valence-corrected chi connectivity index (χ0v) is 18.3. The van der Waals surface area contributed by atoms with Crippen molar-refractivity contribution in [2.75, 3.05) is 11.9 Å². The van der Waals surface area contributed by atoms with Crippen LogP contribution in [0, 0.1) is 0 Å². The Morgan fingerprint density at radius 2 is 1.35 bits per heavy atom. The number of aromatic carboxylic acids is 2. The van der Waals surface area contributed by atoms with Gasteiger partial charge in [-0.1, -0.05) is 39.0 Å². The number of carboxylic acid groups (broad SMARTS) is 2. The van der Waals surface area contributed by atoms with Crippen molar-refractivity contribution in [3.63, 3.8) is 0 Å². The summed E-state index contributed by atoms with van der Waals surface area (Å²) in [5.41, 5.74) is 0.133. The molecule has 0 spiro atoms. The summed E-state index contributed by atoms with van der Waals surface area (Å²) in [6.45, 7) is 2.84. The molecule has 0 unspecified atom stereocenters. The molecule has 0 atom stereocenters. The Labute approximate surface area is 181 Å². The number of benzene rings is 1. The number of hydrogen-bond donors (Lipinski definition) is 1. The van der Waals surface area contributed by atoms with E-state index in [2.05, 4.69) is 12.2 Å². The molecule has 0 radical (unpaired) electrons. The molecule has 0 aromatic heterocycles.